The number of aryl methyl sites for hydroxylation is 1. The van der Waals surface area contributed by atoms with Gasteiger partial charge < -0.3 is 5.32 Å². The molecule has 1 amide bonds. The lowest BCUT2D eigenvalue weighted by Gasteiger charge is -2.13. The Bertz CT molecular complexity index is 789. The van der Waals surface area contributed by atoms with Gasteiger partial charge in [-0.3, -0.25) is 14.2 Å². The molecule has 1 aliphatic heterocycles. The van der Waals surface area contributed by atoms with Gasteiger partial charge in [-0.1, -0.05) is 23.9 Å². The van der Waals surface area contributed by atoms with Gasteiger partial charge in [0.1, 0.15) is 5.82 Å². The maximum Gasteiger partial charge on any atom is 0.254 e. The number of amides is 1. The molecule has 1 unspecified atom stereocenters. The summed E-state index contributed by atoms with van der Waals surface area (Å²) in [5.41, 5.74) is 1.40. The van der Waals surface area contributed by atoms with Gasteiger partial charge in [0.2, 0.25) is 5.91 Å². The number of aromatic nitrogens is 2. The number of nitrogens with zero attached hydrogens (tertiary/aromatic N) is 2. The van der Waals surface area contributed by atoms with E-state index in [4.69, 9.17) is 0 Å². The second-order valence-corrected chi connectivity index (χ2v) is 6.45. The van der Waals surface area contributed by atoms with Gasteiger partial charge in [0.05, 0.1) is 6.04 Å². The Morgan fingerprint density at radius 3 is 2.91 bits per heavy atom. The minimum absolute atomic E-state index is 0.117. The van der Waals surface area contributed by atoms with Gasteiger partial charge in [0.25, 0.3) is 5.56 Å². The van der Waals surface area contributed by atoms with Crippen molar-refractivity contribution in [2.24, 2.45) is 0 Å². The van der Waals surface area contributed by atoms with Crippen LogP contribution in [0.5, 0.6) is 0 Å². The summed E-state index contributed by atoms with van der Waals surface area (Å²) >= 11 is 1.49. The van der Waals surface area contributed by atoms with Gasteiger partial charge in [-0.05, 0) is 24.6 Å². The maximum absolute atomic E-state index is 12.8. The normalized spacial score (nSPS) is 16.2. The van der Waals surface area contributed by atoms with Gasteiger partial charge in [0, 0.05) is 30.5 Å². The second kappa shape index (κ2) is 6.54. The van der Waals surface area contributed by atoms with Crippen LogP contribution in [0.2, 0.25) is 0 Å². The highest BCUT2D eigenvalue weighted by Gasteiger charge is 2.27. The first-order valence-electron chi connectivity index (χ1n) is 7.27. The van der Waals surface area contributed by atoms with Crippen LogP contribution in [0.15, 0.2) is 40.3 Å². The van der Waals surface area contributed by atoms with E-state index in [1.165, 1.54) is 30.0 Å². The maximum atomic E-state index is 12.8. The molecule has 2 aromatic rings. The van der Waals surface area contributed by atoms with E-state index in [0.29, 0.717) is 23.1 Å². The summed E-state index contributed by atoms with van der Waals surface area (Å²) in [5, 5.41) is 3.47. The minimum atomic E-state index is -0.304. The predicted molar refractivity (Wildman–Crippen MR) is 85.9 cm³/mol. The Labute approximate surface area is 136 Å². The number of benzene rings is 1. The lowest BCUT2D eigenvalue weighted by atomic mass is 10.2. The fourth-order valence-electron chi connectivity index (χ4n) is 2.50. The van der Waals surface area contributed by atoms with Crippen molar-refractivity contribution in [2.45, 2.75) is 31.1 Å². The molecule has 0 aliphatic carbocycles. The second-order valence-electron chi connectivity index (χ2n) is 5.46. The van der Waals surface area contributed by atoms with Gasteiger partial charge in [0.15, 0.2) is 5.16 Å². The summed E-state index contributed by atoms with van der Waals surface area (Å²) in [6, 6.07) is 7.29. The lowest BCUT2D eigenvalue weighted by molar-refractivity contribution is -0.121. The molecule has 0 saturated carbocycles. The third kappa shape index (κ3) is 3.61. The summed E-state index contributed by atoms with van der Waals surface area (Å²) in [6.45, 7) is 2.12. The first-order valence-corrected chi connectivity index (χ1v) is 8.25. The van der Waals surface area contributed by atoms with Crippen molar-refractivity contribution in [3.8, 4) is 0 Å². The Morgan fingerprint density at radius 1 is 1.43 bits per heavy atom. The standard InChI is InChI=1S/C16H16FN3O2S/c1-10-6-15(22)20-13(9-23-16(20)19-10)7-14(21)18-8-11-2-4-12(17)5-3-11/h2-6,13H,7-9H2,1H3,(H,18,21). The Morgan fingerprint density at radius 2 is 2.17 bits per heavy atom. The van der Waals surface area contributed by atoms with Crippen LogP contribution >= 0.6 is 11.8 Å². The smallest absolute Gasteiger partial charge is 0.254 e. The quantitative estimate of drug-likeness (QED) is 0.870. The van der Waals surface area contributed by atoms with Crippen LogP contribution in [-0.4, -0.2) is 21.2 Å². The van der Waals surface area contributed by atoms with E-state index in [9.17, 15) is 14.0 Å². The molecule has 0 bridgehead atoms. The number of hydrogen-bond acceptors (Lipinski definition) is 4. The molecule has 0 radical (unpaired) electrons. The molecule has 1 aromatic carbocycles. The van der Waals surface area contributed by atoms with Gasteiger partial charge in [-0.15, -0.1) is 0 Å². The van der Waals surface area contributed by atoms with Crippen molar-refractivity contribution in [1.82, 2.24) is 14.9 Å². The Balaban J connectivity index is 1.62. The summed E-state index contributed by atoms with van der Waals surface area (Å²) in [7, 11) is 0. The van der Waals surface area contributed by atoms with Crippen LogP contribution in [0.25, 0.3) is 0 Å². The summed E-state index contributed by atoms with van der Waals surface area (Å²) in [5.74, 6) is 0.220. The van der Waals surface area contributed by atoms with Crippen molar-refractivity contribution in [1.29, 1.82) is 0 Å². The van der Waals surface area contributed by atoms with Crippen molar-refractivity contribution in [3.05, 3.63) is 57.8 Å². The molecule has 7 heteroatoms. The van der Waals surface area contributed by atoms with E-state index >= 15 is 0 Å². The van der Waals surface area contributed by atoms with Crippen LogP contribution < -0.4 is 10.9 Å². The third-order valence-corrected chi connectivity index (χ3v) is 4.74. The predicted octanol–water partition coefficient (Wildman–Crippen LogP) is 2.04. The number of carbonyl (C=O) groups is 1. The molecule has 23 heavy (non-hydrogen) atoms. The summed E-state index contributed by atoms with van der Waals surface area (Å²) in [4.78, 5) is 28.5. The van der Waals surface area contributed by atoms with Crippen LogP contribution in [0.1, 0.15) is 23.7 Å². The third-order valence-electron chi connectivity index (χ3n) is 3.64. The SMILES string of the molecule is Cc1cc(=O)n2c(n1)SCC2CC(=O)NCc1ccc(F)cc1. The van der Waals surface area contributed by atoms with E-state index in [0.717, 1.165) is 5.56 Å². The molecular formula is C16H16FN3O2S. The van der Waals surface area contributed by atoms with Gasteiger partial charge >= 0.3 is 0 Å². The molecule has 0 saturated heterocycles. The van der Waals surface area contributed by atoms with Crippen molar-refractivity contribution >= 4 is 17.7 Å². The summed E-state index contributed by atoms with van der Waals surface area (Å²) < 4.78 is 14.4. The molecule has 2 heterocycles. The molecule has 5 nitrogen and oxygen atoms in total. The molecule has 0 spiro atoms. The fourth-order valence-corrected chi connectivity index (χ4v) is 3.70. The highest BCUT2D eigenvalue weighted by molar-refractivity contribution is 7.99. The molecule has 1 N–H and O–H groups in total. The van der Waals surface area contributed by atoms with Crippen molar-refractivity contribution in [3.63, 3.8) is 0 Å². The Kier molecular flexibility index (Phi) is 4.47. The first kappa shape index (κ1) is 15.7. The average Bonchev–Trinajstić information content (AvgIpc) is 2.89. The monoisotopic (exact) mass is 333 g/mol. The van der Waals surface area contributed by atoms with Crippen LogP contribution in [0, 0.1) is 12.7 Å². The average molecular weight is 333 g/mol. The zero-order chi connectivity index (χ0) is 16.4. The lowest BCUT2D eigenvalue weighted by Crippen LogP contribution is -2.30. The number of nitrogens with one attached hydrogen (secondary N) is 1. The van der Waals surface area contributed by atoms with Crippen LogP contribution in [0.4, 0.5) is 4.39 Å². The van der Waals surface area contributed by atoms with E-state index in [1.807, 2.05) is 0 Å². The fraction of sp³-hybridized carbons (Fsp3) is 0.312. The van der Waals surface area contributed by atoms with E-state index < -0.39 is 0 Å². The van der Waals surface area contributed by atoms with E-state index in [-0.39, 0.29) is 29.7 Å². The van der Waals surface area contributed by atoms with E-state index in [1.54, 1.807) is 23.6 Å². The molecule has 120 valence electrons. The number of carbonyl (C=O) groups excluding carboxylic acids is 1. The minimum Gasteiger partial charge on any atom is -0.352 e. The first-order chi connectivity index (χ1) is 11.0. The van der Waals surface area contributed by atoms with Crippen molar-refractivity contribution < 1.29 is 9.18 Å². The number of hydrogen-bond donors (Lipinski definition) is 1. The zero-order valence-electron chi connectivity index (χ0n) is 12.6. The highest BCUT2D eigenvalue weighted by atomic mass is 32.2. The van der Waals surface area contributed by atoms with Gasteiger partial charge in [-0.2, -0.15) is 0 Å². The van der Waals surface area contributed by atoms with Gasteiger partial charge in [-0.25, -0.2) is 9.37 Å². The van der Waals surface area contributed by atoms with Crippen LogP contribution in [-0.2, 0) is 11.3 Å². The number of fused-ring (bicyclic) bond motifs is 1. The molecule has 1 aliphatic rings. The zero-order valence-corrected chi connectivity index (χ0v) is 13.4. The molecule has 0 fully saturated rings. The molecule has 3 rings (SSSR count). The topological polar surface area (TPSA) is 64.0 Å². The largest absolute Gasteiger partial charge is 0.352 e. The highest BCUT2D eigenvalue weighted by Crippen LogP contribution is 2.31. The molecular weight excluding hydrogens is 317 g/mol. The summed E-state index contributed by atoms with van der Waals surface area (Å²) in [6.07, 6.45) is 0.228. The van der Waals surface area contributed by atoms with E-state index in [2.05, 4.69) is 10.3 Å². The Hall–Kier alpha value is -2.15. The number of rotatable bonds is 4. The number of thioether (sulfide) groups is 1. The molecule has 1 aromatic heterocycles. The molecule has 1 atom stereocenters. The van der Waals surface area contributed by atoms with Crippen LogP contribution in [0.3, 0.4) is 0 Å². The number of halogens is 1. The van der Waals surface area contributed by atoms with Crippen molar-refractivity contribution in [2.75, 3.05) is 5.75 Å².